The second-order valence-electron chi connectivity index (χ2n) is 6.94. The predicted molar refractivity (Wildman–Crippen MR) is 109 cm³/mol. The molecule has 0 N–H and O–H groups in total. The molecule has 3 aromatic rings. The lowest BCUT2D eigenvalue weighted by Gasteiger charge is -2.31. The van der Waals surface area contributed by atoms with E-state index in [0.29, 0.717) is 25.2 Å². The summed E-state index contributed by atoms with van der Waals surface area (Å²) in [6.07, 6.45) is 1.44. The van der Waals surface area contributed by atoms with Crippen molar-refractivity contribution in [3.05, 3.63) is 64.4 Å². The van der Waals surface area contributed by atoms with Crippen LogP contribution in [0, 0.1) is 17.2 Å². The first-order valence-electron chi connectivity index (χ1n) is 9.08. The van der Waals surface area contributed by atoms with Crippen molar-refractivity contribution in [2.24, 2.45) is 5.92 Å². The lowest BCUT2D eigenvalue weighted by molar-refractivity contribution is 0.256. The van der Waals surface area contributed by atoms with Crippen LogP contribution >= 0.6 is 11.5 Å². The molecule has 0 amide bonds. The Morgan fingerprint density at radius 2 is 1.75 bits per heavy atom. The van der Waals surface area contributed by atoms with Gasteiger partial charge in [-0.05, 0) is 55.2 Å². The van der Waals surface area contributed by atoms with Crippen molar-refractivity contribution >= 4 is 31.6 Å². The molecule has 1 aliphatic heterocycles. The monoisotopic (exact) mass is 413 g/mol. The number of sulfonamides is 1. The Bertz CT molecular complexity index is 1200. The smallest absolute Gasteiger partial charge is 0.268 e. The Morgan fingerprint density at radius 3 is 2.39 bits per heavy atom. The highest BCUT2D eigenvalue weighted by molar-refractivity contribution is 7.89. The number of benzene rings is 2. The Balaban J connectivity index is 1.44. The fraction of sp³-hybridized carbons (Fsp3) is 0.300. The average molecular weight is 414 g/mol. The molecule has 1 fully saturated rings. The van der Waals surface area contributed by atoms with Crippen molar-refractivity contribution in [2.75, 3.05) is 13.1 Å². The largest absolute Gasteiger partial charge is 0.268 e. The van der Waals surface area contributed by atoms with Crippen LogP contribution < -0.4 is 5.56 Å². The van der Waals surface area contributed by atoms with Crippen LogP contribution in [0.5, 0.6) is 0 Å². The number of hydrogen-bond donors (Lipinski definition) is 0. The maximum Gasteiger partial charge on any atom is 0.268 e. The van der Waals surface area contributed by atoms with Crippen LogP contribution in [0.25, 0.3) is 10.1 Å². The fourth-order valence-corrected chi connectivity index (χ4v) is 6.12. The molecule has 144 valence electrons. The number of aromatic nitrogens is 1. The van der Waals surface area contributed by atoms with E-state index in [0.717, 1.165) is 22.9 Å². The maximum atomic E-state index is 12.8. The number of fused-ring (bicyclic) bond motifs is 1. The zero-order chi connectivity index (χ0) is 19.7. The van der Waals surface area contributed by atoms with E-state index < -0.39 is 10.0 Å². The summed E-state index contributed by atoms with van der Waals surface area (Å²) < 4.78 is 29.9. The molecule has 4 rings (SSSR count). The number of hydrogen-bond acceptors (Lipinski definition) is 5. The first kappa shape index (κ1) is 18.9. The van der Waals surface area contributed by atoms with Crippen molar-refractivity contribution < 1.29 is 8.42 Å². The Hall–Kier alpha value is -2.47. The summed E-state index contributed by atoms with van der Waals surface area (Å²) in [7, 11) is -3.55. The second-order valence-corrected chi connectivity index (χ2v) is 9.94. The molecular weight excluding hydrogens is 394 g/mol. The van der Waals surface area contributed by atoms with Gasteiger partial charge in [0.05, 0.1) is 26.6 Å². The minimum atomic E-state index is -3.55. The third kappa shape index (κ3) is 3.49. The summed E-state index contributed by atoms with van der Waals surface area (Å²) in [6, 6.07) is 15.6. The highest BCUT2D eigenvalue weighted by Crippen LogP contribution is 2.26. The first-order chi connectivity index (χ1) is 13.5. The van der Waals surface area contributed by atoms with Gasteiger partial charge >= 0.3 is 0 Å². The van der Waals surface area contributed by atoms with Crippen LogP contribution in [0.3, 0.4) is 0 Å². The van der Waals surface area contributed by atoms with Crippen LogP contribution in [0.4, 0.5) is 0 Å². The summed E-state index contributed by atoms with van der Waals surface area (Å²) in [4.78, 5) is 12.7. The zero-order valence-electron chi connectivity index (χ0n) is 15.1. The molecule has 0 bridgehead atoms. The summed E-state index contributed by atoms with van der Waals surface area (Å²) >= 11 is 1.47. The molecule has 8 heteroatoms. The van der Waals surface area contributed by atoms with Gasteiger partial charge in [0.2, 0.25) is 10.0 Å². The van der Waals surface area contributed by atoms with Crippen LogP contribution in [0.1, 0.15) is 18.4 Å². The molecule has 1 aromatic heterocycles. The van der Waals surface area contributed by atoms with Gasteiger partial charge in [0.25, 0.3) is 5.56 Å². The molecule has 2 aromatic carbocycles. The minimum absolute atomic E-state index is 0.0354. The van der Waals surface area contributed by atoms with E-state index in [1.807, 2.05) is 30.3 Å². The fourth-order valence-electron chi connectivity index (χ4n) is 3.55. The maximum absolute atomic E-state index is 12.8. The minimum Gasteiger partial charge on any atom is -0.268 e. The highest BCUT2D eigenvalue weighted by atomic mass is 32.2. The summed E-state index contributed by atoms with van der Waals surface area (Å²) in [5.41, 5.74) is 0.472. The van der Waals surface area contributed by atoms with Crippen LogP contribution in [-0.2, 0) is 16.6 Å². The molecule has 1 aliphatic rings. The van der Waals surface area contributed by atoms with Crippen molar-refractivity contribution in [3.63, 3.8) is 0 Å². The number of nitriles is 1. The van der Waals surface area contributed by atoms with Crippen molar-refractivity contribution in [3.8, 4) is 6.07 Å². The number of piperidine rings is 1. The molecule has 0 unspecified atom stereocenters. The standard InChI is InChI=1S/C20H19N3O3S2/c21-13-15-5-7-17(8-6-15)28(25,26)22-11-9-16(10-12-22)14-23-20(24)18-3-1-2-4-19(18)27-23/h1-8,16H,9-12,14H2. The normalized spacial score (nSPS) is 16.2. The molecule has 2 heterocycles. The number of rotatable bonds is 4. The van der Waals surface area contributed by atoms with Gasteiger partial charge in [-0.2, -0.15) is 9.57 Å². The van der Waals surface area contributed by atoms with E-state index in [2.05, 4.69) is 0 Å². The van der Waals surface area contributed by atoms with Crippen molar-refractivity contribution in [2.45, 2.75) is 24.3 Å². The van der Waals surface area contributed by atoms with Gasteiger partial charge in [0.1, 0.15) is 0 Å². The van der Waals surface area contributed by atoms with Crippen LogP contribution in [0.2, 0.25) is 0 Å². The van der Waals surface area contributed by atoms with Gasteiger partial charge < -0.3 is 0 Å². The second kappa shape index (κ2) is 7.51. The van der Waals surface area contributed by atoms with E-state index >= 15 is 0 Å². The van der Waals surface area contributed by atoms with E-state index in [-0.39, 0.29) is 16.4 Å². The SMILES string of the molecule is N#Cc1ccc(S(=O)(=O)N2CCC(Cn3sc4ccccc4c3=O)CC2)cc1. The molecule has 1 saturated heterocycles. The third-order valence-corrected chi connectivity index (χ3v) is 8.17. The zero-order valence-corrected chi connectivity index (χ0v) is 16.7. The quantitative estimate of drug-likeness (QED) is 0.658. The molecule has 28 heavy (non-hydrogen) atoms. The summed E-state index contributed by atoms with van der Waals surface area (Å²) in [5.74, 6) is 0.276. The van der Waals surface area contributed by atoms with Crippen LogP contribution in [-0.4, -0.2) is 29.8 Å². The first-order valence-corrected chi connectivity index (χ1v) is 11.3. The molecule has 0 saturated carbocycles. The summed E-state index contributed by atoms with van der Waals surface area (Å²) in [5, 5.41) is 9.61. The van der Waals surface area contributed by atoms with Gasteiger partial charge in [-0.25, -0.2) is 8.42 Å². The predicted octanol–water partition coefficient (Wildman–Crippen LogP) is 3.04. The van der Waals surface area contributed by atoms with E-state index in [9.17, 15) is 13.2 Å². The highest BCUT2D eigenvalue weighted by Gasteiger charge is 2.29. The molecular formula is C20H19N3O3S2. The average Bonchev–Trinajstić information content (AvgIpc) is 3.04. The van der Waals surface area contributed by atoms with E-state index in [1.165, 1.54) is 40.1 Å². The van der Waals surface area contributed by atoms with Crippen LogP contribution in [0.15, 0.2) is 58.2 Å². The third-order valence-electron chi connectivity index (χ3n) is 5.17. The van der Waals surface area contributed by atoms with Gasteiger partial charge in [-0.15, -0.1) is 0 Å². The topological polar surface area (TPSA) is 83.2 Å². The van der Waals surface area contributed by atoms with Crippen molar-refractivity contribution in [1.82, 2.24) is 8.26 Å². The Labute approximate surface area is 167 Å². The van der Waals surface area contributed by atoms with Crippen molar-refractivity contribution in [1.29, 1.82) is 5.26 Å². The van der Waals surface area contributed by atoms with E-state index in [1.54, 1.807) is 3.96 Å². The van der Waals surface area contributed by atoms with Gasteiger partial charge in [0.15, 0.2) is 0 Å². The summed E-state index contributed by atoms with van der Waals surface area (Å²) in [6.45, 7) is 1.50. The Kier molecular flexibility index (Phi) is 5.06. The van der Waals surface area contributed by atoms with Gasteiger partial charge in [-0.1, -0.05) is 23.7 Å². The molecule has 0 spiro atoms. The van der Waals surface area contributed by atoms with Gasteiger partial charge in [0, 0.05) is 19.6 Å². The lowest BCUT2D eigenvalue weighted by Crippen LogP contribution is -2.39. The van der Waals surface area contributed by atoms with E-state index in [4.69, 9.17) is 5.26 Å². The molecule has 0 aliphatic carbocycles. The number of nitrogens with zero attached hydrogens (tertiary/aromatic N) is 3. The Morgan fingerprint density at radius 1 is 1.07 bits per heavy atom. The molecule has 6 nitrogen and oxygen atoms in total. The van der Waals surface area contributed by atoms with Gasteiger partial charge in [-0.3, -0.25) is 8.75 Å². The molecule has 0 atom stereocenters. The lowest BCUT2D eigenvalue weighted by atomic mass is 9.98. The molecule has 0 radical (unpaired) electrons.